The summed E-state index contributed by atoms with van der Waals surface area (Å²) in [5.74, 6) is 0.134. The molecule has 0 aliphatic carbocycles. The van der Waals surface area contributed by atoms with Crippen LogP contribution in [0.1, 0.15) is 34.7 Å². The van der Waals surface area contributed by atoms with Gasteiger partial charge < -0.3 is 19.2 Å². The van der Waals surface area contributed by atoms with Gasteiger partial charge in [-0.25, -0.2) is 4.79 Å². The highest BCUT2D eigenvalue weighted by Crippen LogP contribution is 2.19. The number of hydrogen-bond acceptors (Lipinski definition) is 4. The van der Waals surface area contributed by atoms with E-state index in [1.807, 2.05) is 0 Å². The van der Waals surface area contributed by atoms with E-state index in [0.717, 1.165) is 13.0 Å². The molecule has 0 bridgehead atoms. The minimum absolute atomic E-state index is 0.0198. The van der Waals surface area contributed by atoms with E-state index in [1.54, 1.807) is 18.9 Å². The molecule has 0 radical (unpaired) electrons. The van der Waals surface area contributed by atoms with Gasteiger partial charge in [0.1, 0.15) is 17.1 Å². The summed E-state index contributed by atoms with van der Waals surface area (Å²) in [6.45, 7) is 3.24. The van der Waals surface area contributed by atoms with Crippen LogP contribution in [0.3, 0.4) is 0 Å². The Labute approximate surface area is 117 Å². The van der Waals surface area contributed by atoms with E-state index >= 15 is 0 Å². The van der Waals surface area contributed by atoms with E-state index in [0.29, 0.717) is 24.5 Å². The van der Waals surface area contributed by atoms with Crippen LogP contribution in [0.4, 0.5) is 0 Å². The number of furan rings is 1. The molecule has 20 heavy (non-hydrogen) atoms. The number of amides is 1. The average Bonchev–Trinajstić information content (AvgIpc) is 2.98. The smallest absolute Gasteiger partial charge is 0.339 e. The van der Waals surface area contributed by atoms with E-state index in [9.17, 15) is 9.59 Å². The number of nitrogens with zero attached hydrogens (tertiary/aromatic N) is 1. The second-order valence-electron chi connectivity index (χ2n) is 5.17. The van der Waals surface area contributed by atoms with Crippen molar-refractivity contribution in [3.05, 3.63) is 23.2 Å². The molecule has 1 fully saturated rings. The Hall–Kier alpha value is -1.82. The van der Waals surface area contributed by atoms with Crippen molar-refractivity contribution in [2.45, 2.75) is 26.3 Å². The van der Waals surface area contributed by atoms with Gasteiger partial charge in [-0.15, -0.1) is 0 Å². The molecule has 1 saturated heterocycles. The lowest BCUT2D eigenvalue weighted by atomic mass is 10.0. The van der Waals surface area contributed by atoms with Gasteiger partial charge >= 0.3 is 5.97 Å². The predicted octanol–water partition coefficient (Wildman–Crippen LogP) is 1.67. The van der Waals surface area contributed by atoms with E-state index in [-0.39, 0.29) is 23.9 Å². The molecule has 2 heterocycles. The Bertz CT molecular complexity index is 502. The van der Waals surface area contributed by atoms with Crippen molar-refractivity contribution in [2.75, 3.05) is 20.3 Å². The molecule has 2 rings (SSSR count). The Morgan fingerprint density at radius 2 is 2.25 bits per heavy atom. The zero-order valence-corrected chi connectivity index (χ0v) is 11.7. The molecule has 6 heteroatoms. The zero-order chi connectivity index (χ0) is 14.7. The molecule has 1 aromatic rings. The van der Waals surface area contributed by atoms with Crippen LogP contribution >= 0.6 is 0 Å². The second kappa shape index (κ2) is 6.09. The summed E-state index contributed by atoms with van der Waals surface area (Å²) in [7, 11) is 1.69. The topological polar surface area (TPSA) is 80.0 Å². The van der Waals surface area contributed by atoms with Crippen LogP contribution in [0.25, 0.3) is 0 Å². The highest BCUT2D eigenvalue weighted by molar-refractivity contribution is 5.88. The van der Waals surface area contributed by atoms with Gasteiger partial charge in [-0.2, -0.15) is 0 Å². The maximum Gasteiger partial charge on any atom is 0.339 e. The van der Waals surface area contributed by atoms with Gasteiger partial charge in [0.15, 0.2) is 0 Å². The molecule has 1 aliphatic rings. The van der Waals surface area contributed by atoms with Crippen molar-refractivity contribution >= 4 is 11.9 Å². The number of aryl methyl sites for hydroxylation is 1. The fraction of sp³-hybridized carbons (Fsp3) is 0.571. The second-order valence-corrected chi connectivity index (χ2v) is 5.17. The van der Waals surface area contributed by atoms with Gasteiger partial charge in [-0.1, -0.05) is 0 Å². The summed E-state index contributed by atoms with van der Waals surface area (Å²) in [4.78, 5) is 24.5. The first-order chi connectivity index (χ1) is 9.47. The molecule has 1 atom stereocenters. The highest BCUT2D eigenvalue weighted by Gasteiger charge is 2.22. The molecule has 0 unspecified atom stereocenters. The largest absolute Gasteiger partial charge is 0.478 e. The third-order valence-corrected chi connectivity index (χ3v) is 3.51. The van der Waals surface area contributed by atoms with Crippen molar-refractivity contribution < 1.29 is 23.8 Å². The SMILES string of the molecule is Cc1oc(CN(C)C(=O)C[C@@H]2CCOC2)cc1C(=O)O. The van der Waals surface area contributed by atoms with Crippen LogP contribution in [0.15, 0.2) is 10.5 Å². The van der Waals surface area contributed by atoms with Gasteiger partial charge in [0, 0.05) is 26.7 Å². The minimum Gasteiger partial charge on any atom is -0.478 e. The molecular formula is C14H19NO5. The number of carbonyl (C=O) groups is 2. The van der Waals surface area contributed by atoms with Crippen molar-refractivity contribution in [1.82, 2.24) is 4.90 Å². The number of carboxylic acids is 1. The van der Waals surface area contributed by atoms with Crippen LogP contribution in [0.5, 0.6) is 0 Å². The molecule has 1 amide bonds. The van der Waals surface area contributed by atoms with Crippen molar-refractivity contribution in [2.24, 2.45) is 5.92 Å². The lowest BCUT2D eigenvalue weighted by molar-refractivity contribution is -0.131. The fourth-order valence-corrected chi connectivity index (χ4v) is 2.30. The average molecular weight is 281 g/mol. The number of aromatic carboxylic acids is 1. The van der Waals surface area contributed by atoms with Crippen molar-refractivity contribution in [1.29, 1.82) is 0 Å². The summed E-state index contributed by atoms with van der Waals surface area (Å²) < 4.78 is 10.6. The molecule has 6 nitrogen and oxygen atoms in total. The quantitative estimate of drug-likeness (QED) is 0.888. The maximum absolute atomic E-state index is 12.0. The van der Waals surface area contributed by atoms with E-state index in [4.69, 9.17) is 14.3 Å². The fourth-order valence-electron chi connectivity index (χ4n) is 2.30. The molecule has 1 aromatic heterocycles. The molecule has 0 spiro atoms. The standard InChI is InChI=1S/C14H19NO5/c1-9-12(14(17)18)6-11(20-9)7-15(2)13(16)5-10-3-4-19-8-10/h6,10H,3-5,7-8H2,1-2H3,(H,17,18)/t10-/m0/s1. The third kappa shape index (κ3) is 3.39. The van der Waals surface area contributed by atoms with Gasteiger partial charge in [0.2, 0.25) is 5.91 Å². The molecule has 0 aromatic carbocycles. The van der Waals surface area contributed by atoms with Crippen LogP contribution in [-0.4, -0.2) is 42.1 Å². The molecule has 110 valence electrons. The van der Waals surface area contributed by atoms with Crippen LogP contribution in [0, 0.1) is 12.8 Å². The third-order valence-electron chi connectivity index (χ3n) is 3.51. The first kappa shape index (κ1) is 14.6. The summed E-state index contributed by atoms with van der Waals surface area (Å²) >= 11 is 0. The Morgan fingerprint density at radius 1 is 1.50 bits per heavy atom. The summed E-state index contributed by atoms with van der Waals surface area (Å²) in [6.07, 6.45) is 1.38. The van der Waals surface area contributed by atoms with Gasteiger partial charge in [0.05, 0.1) is 6.54 Å². The van der Waals surface area contributed by atoms with Crippen LogP contribution < -0.4 is 0 Å². The van der Waals surface area contributed by atoms with E-state index in [1.165, 1.54) is 6.07 Å². The lowest BCUT2D eigenvalue weighted by Crippen LogP contribution is -2.28. The number of carbonyl (C=O) groups excluding carboxylic acids is 1. The number of ether oxygens (including phenoxy) is 1. The van der Waals surface area contributed by atoms with Gasteiger partial charge in [-0.05, 0) is 25.3 Å². The Balaban J connectivity index is 1.93. The Morgan fingerprint density at radius 3 is 2.80 bits per heavy atom. The van der Waals surface area contributed by atoms with Crippen molar-refractivity contribution in [3.63, 3.8) is 0 Å². The number of hydrogen-bond donors (Lipinski definition) is 1. The summed E-state index contributed by atoms with van der Waals surface area (Å²) in [5.41, 5.74) is 0.144. The highest BCUT2D eigenvalue weighted by atomic mass is 16.5. The molecular weight excluding hydrogens is 262 g/mol. The lowest BCUT2D eigenvalue weighted by Gasteiger charge is -2.17. The van der Waals surface area contributed by atoms with Gasteiger partial charge in [-0.3, -0.25) is 4.79 Å². The molecule has 1 aliphatic heterocycles. The summed E-state index contributed by atoms with van der Waals surface area (Å²) in [6, 6.07) is 1.47. The molecule has 0 saturated carbocycles. The van der Waals surface area contributed by atoms with Crippen LogP contribution in [0.2, 0.25) is 0 Å². The number of carboxylic acid groups (broad SMARTS) is 1. The summed E-state index contributed by atoms with van der Waals surface area (Å²) in [5, 5.41) is 8.96. The normalized spacial score (nSPS) is 18.2. The number of rotatable bonds is 5. The van der Waals surface area contributed by atoms with E-state index in [2.05, 4.69) is 0 Å². The first-order valence-corrected chi connectivity index (χ1v) is 6.61. The van der Waals surface area contributed by atoms with Crippen molar-refractivity contribution in [3.8, 4) is 0 Å². The maximum atomic E-state index is 12.0. The predicted molar refractivity (Wildman–Crippen MR) is 70.4 cm³/mol. The monoisotopic (exact) mass is 281 g/mol. The first-order valence-electron chi connectivity index (χ1n) is 6.61. The zero-order valence-electron chi connectivity index (χ0n) is 11.7. The Kier molecular flexibility index (Phi) is 4.44. The van der Waals surface area contributed by atoms with Crippen LogP contribution in [-0.2, 0) is 16.1 Å². The van der Waals surface area contributed by atoms with Gasteiger partial charge in [0.25, 0.3) is 0 Å². The minimum atomic E-state index is -1.02. The van der Waals surface area contributed by atoms with E-state index < -0.39 is 5.97 Å². The molecule has 1 N–H and O–H groups in total.